The van der Waals surface area contributed by atoms with Gasteiger partial charge >= 0.3 is 0 Å². The van der Waals surface area contributed by atoms with Crippen LogP contribution in [-0.2, 0) is 0 Å². The Hall–Kier alpha value is -0.650. The van der Waals surface area contributed by atoms with E-state index in [1.165, 1.54) is 0 Å². The minimum Gasteiger partial charge on any atom is -0.396 e. The summed E-state index contributed by atoms with van der Waals surface area (Å²) in [6, 6.07) is 0.507. The highest BCUT2D eigenvalue weighted by atomic mass is 32.1. The monoisotopic (exact) mass is 255 g/mol. The average molecular weight is 255 g/mol. The number of thiazole rings is 1. The Morgan fingerprint density at radius 3 is 2.94 bits per heavy atom. The van der Waals surface area contributed by atoms with E-state index < -0.39 is 0 Å². The summed E-state index contributed by atoms with van der Waals surface area (Å²) in [7, 11) is 0. The lowest BCUT2D eigenvalue weighted by Crippen LogP contribution is -2.52. The van der Waals surface area contributed by atoms with Gasteiger partial charge in [0.1, 0.15) is 0 Å². The SMILES string of the molecule is Cc1csc(N2CCN(CCCO)CC2C)n1. The molecule has 0 amide bonds. The number of nitrogens with zero attached hydrogens (tertiary/aromatic N) is 3. The van der Waals surface area contributed by atoms with Crippen LogP contribution in [0.5, 0.6) is 0 Å². The van der Waals surface area contributed by atoms with Gasteiger partial charge in [0, 0.05) is 44.2 Å². The summed E-state index contributed by atoms with van der Waals surface area (Å²) >= 11 is 1.74. The summed E-state index contributed by atoms with van der Waals surface area (Å²) < 4.78 is 0. The van der Waals surface area contributed by atoms with Crippen LogP contribution in [0.2, 0.25) is 0 Å². The summed E-state index contributed by atoms with van der Waals surface area (Å²) in [6.45, 7) is 8.77. The molecule has 5 heteroatoms. The van der Waals surface area contributed by atoms with Gasteiger partial charge in [0.25, 0.3) is 0 Å². The smallest absolute Gasteiger partial charge is 0.185 e. The van der Waals surface area contributed by atoms with Gasteiger partial charge in [-0.2, -0.15) is 0 Å². The molecule has 96 valence electrons. The zero-order valence-electron chi connectivity index (χ0n) is 10.6. The summed E-state index contributed by atoms with van der Waals surface area (Å²) in [6.07, 6.45) is 0.878. The molecule has 0 saturated carbocycles. The molecule has 1 aliphatic heterocycles. The fourth-order valence-corrected chi connectivity index (χ4v) is 3.22. The van der Waals surface area contributed by atoms with E-state index >= 15 is 0 Å². The zero-order valence-corrected chi connectivity index (χ0v) is 11.4. The molecule has 1 aliphatic rings. The van der Waals surface area contributed by atoms with Crippen molar-refractivity contribution in [3.05, 3.63) is 11.1 Å². The van der Waals surface area contributed by atoms with E-state index in [0.717, 1.165) is 43.4 Å². The first-order valence-corrected chi connectivity index (χ1v) is 7.10. The van der Waals surface area contributed by atoms with Gasteiger partial charge in [-0.3, -0.25) is 4.90 Å². The van der Waals surface area contributed by atoms with Crippen LogP contribution in [0, 0.1) is 6.92 Å². The molecule has 1 unspecified atom stereocenters. The maximum atomic E-state index is 8.85. The molecule has 2 heterocycles. The van der Waals surface area contributed by atoms with Crippen LogP contribution in [0.3, 0.4) is 0 Å². The lowest BCUT2D eigenvalue weighted by atomic mass is 10.2. The van der Waals surface area contributed by atoms with Gasteiger partial charge in [-0.25, -0.2) is 4.98 Å². The molecule has 4 nitrogen and oxygen atoms in total. The molecular formula is C12H21N3OS. The fourth-order valence-electron chi connectivity index (χ4n) is 2.29. The second kappa shape index (κ2) is 5.80. The molecule has 1 atom stereocenters. The molecule has 0 spiro atoms. The average Bonchev–Trinajstić information content (AvgIpc) is 2.73. The third-order valence-corrected chi connectivity index (χ3v) is 4.19. The van der Waals surface area contributed by atoms with E-state index in [9.17, 15) is 0 Å². The number of hydrogen-bond donors (Lipinski definition) is 1. The van der Waals surface area contributed by atoms with Gasteiger partial charge in [0.15, 0.2) is 5.13 Å². The number of aliphatic hydroxyl groups is 1. The molecule has 1 aromatic heterocycles. The minimum atomic E-state index is 0.292. The third-order valence-electron chi connectivity index (χ3n) is 3.20. The number of aryl methyl sites for hydroxylation is 1. The third kappa shape index (κ3) is 3.18. The molecule has 1 N–H and O–H groups in total. The predicted molar refractivity (Wildman–Crippen MR) is 71.8 cm³/mol. The van der Waals surface area contributed by atoms with E-state index in [2.05, 4.69) is 27.1 Å². The lowest BCUT2D eigenvalue weighted by Gasteiger charge is -2.39. The van der Waals surface area contributed by atoms with Crippen molar-refractivity contribution < 1.29 is 5.11 Å². The van der Waals surface area contributed by atoms with E-state index in [4.69, 9.17) is 5.11 Å². The highest BCUT2D eigenvalue weighted by Crippen LogP contribution is 2.24. The molecular weight excluding hydrogens is 234 g/mol. The van der Waals surface area contributed by atoms with Crippen LogP contribution in [0.25, 0.3) is 0 Å². The minimum absolute atomic E-state index is 0.292. The van der Waals surface area contributed by atoms with Crippen LogP contribution in [0.15, 0.2) is 5.38 Å². The quantitative estimate of drug-likeness (QED) is 0.881. The van der Waals surface area contributed by atoms with Crippen LogP contribution < -0.4 is 4.90 Å². The van der Waals surface area contributed by atoms with E-state index in [1.807, 2.05) is 6.92 Å². The zero-order chi connectivity index (χ0) is 12.3. The summed E-state index contributed by atoms with van der Waals surface area (Å²) in [5, 5.41) is 12.1. The standard InChI is InChI=1S/C12H21N3OS/c1-10-9-17-12(13-10)15-6-5-14(4-3-7-16)8-11(15)2/h9,11,16H,3-8H2,1-2H3. The first-order chi connectivity index (χ1) is 8.20. The van der Waals surface area contributed by atoms with Crippen molar-refractivity contribution in [3.8, 4) is 0 Å². The van der Waals surface area contributed by atoms with Crippen molar-refractivity contribution in [2.24, 2.45) is 0 Å². The Morgan fingerprint density at radius 1 is 1.53 bits per heavy atom. The van der Waals surface area contributed by atoms with Gasteiger partial charge in [0.2, 0.25) is 0 Å². The van der Waals surface area contributed by atoms with Crippen LogP contribution in [0.1, 0.15) is 19.0 Å². The molecule has 0 aromatic carbocycles. The molecule has 0 radical (unpaired) electrons. The van der Waals surface area contributed by atoms with Crippen LogP contribution in [-0.4, -0.2) is 53.8 Å². The van der Waals surface area contributed by atoms with Crippen molar-refractivity contribution in [2.75, 3.05) is 37.7 Å². The maximum absolute atomic E-state index is 8.85. The molecule has 1 aromatic rings. The number of piperazine rings is 1. The Balaban J connectivity index is 1.91. The predicted octanol–water partition coefficient (Wildman–Crippen LogP) is 1.34. The van der Waals surface area contributed by atoms with Gasteiger partial charge in [-0.15, -0.1) is 11.3 Å². The fraction of sp³-hybridized carbons (Fsp3) is 0.750. The summed E-state index contributed by atoms with van der Waals surface area (Å²) in [5.74, 6) is 0. The Kier molecular flexibility index (Phi) is 4.36. The largest absolute Gasteiger partial charge is 0.396 e. The van der Waals surface area contributed by atoms with Crippen molar-refractivity contribution in [2.45, 2.75) is 26.3 Å². The first kappa shape index (κ1) is 12.8. The van der Waals surface area contributed by atoms with Gasteiger partial charge in [-0.05, 0) is 20.3 Å². The number of aromatic nitrogens is 1. The molecule has 2 rings (SSSR count). The second-order valence-electron chi connectivity index (χ2n) is 4.69. The highest BCUT2D eigenvalue weighted by Gasteiger charge is 2.24. The first-order valence-electron chi connectivity index (χ1n) is 6.22. The van der Waals surface area contributed by atoms with E-state index in [-0.39, 0.29) is 0 Å². The highest BCUT2D eigenvalue weighted by molar-refractivity contribution is 7.13. The number of rotatable bonds is 4. The Labute approximate surface area is 107 Å². The molecule has 17 heavy (non-hydrogen) atoms. The lowest BCUT2D eigenvalue weighted by molar-refractivity contribution is 0.199. The molecule has 1 fully saturated rings. The summed E-state index contributed by atoms with van der Waals surface area (Å²) in [4.78, 5) is 9.38. The number of hydrogen-bond acceptors (Lipinski definition) is 5. The van der Waals surface area contributed by atoms with Gasteiger partial charge in [0.05, 0.1) is 5.69 Å². The maximum Gasteiger partial charge on any atom is 0.185 e. The number of aliphatic hydroxyl groups excluding tert-OH is 1. The summed E-state index contributed by atoms with van der Waals surface area (Å²) in [5.41, 5.74) is 1.11. The molecule has 0 aliphatic carbocycles. The Bertz CT molecular complexity index is 355. The van der Waals surface area contributed by atoms with Gasteiger partial charge < -0.3 is 10.0 Å². The second-order valence-corrected chi connectivity index (χ2v) is 5.53. The van der Waals surface area contributed by atoms with Crippen molar-refractivity contribution in [1.29, 1.82) is 0 Å². The topological polar surface area (TPSA) is 39.6 Å². The van der Waals surface area contributed by atoms with Gasteiger partial charge in [-0.1, -0.05) is 0 Å². The van der Waals surface area contributed by atoms with Crippen molar-refractivity contribution >= 4 is 16.5 Å². The van der Waals surface area contributed by atoms with Crippen molar-refractivity contribution in [1.82, 2.24) is 9.88 Å². The molecule has 1 saturated heterocycles. The van der Waals surface area contributed by atoms with Crippen LogP contribution in [0.4, 0.5) is 5.13 Å². The number of anilines is 1. The molecule has 0 bridgehead atoms. The van der Waals surface area contributed by atoms with Crippen LogP contribution >= 0.6 is 11.3 Å². The van der Waals surface area contributed by atoms with E-state index in [1.54, 1.807) is 11.3 Å². The van der Waals surface area contributed by atoms with E-state index in [0.29, 0.717) is 12.6 Å². The Morgan fingerprint density at radius 2 is 2.35 bits per heavy atom. The van der Waals surface area contributed by atoms with Crippen molar-refractivity contribution in [3.63, 3.8) is 0 Å². The normalized spacial score (nSPS) is 22.1.